The number of aromatic nitrogens is 2. The zero-order valence-corrected chi connectivity index (χ0v) is 12.7. The van der Waals surface area contributed by atoms with Crippen LogP contribution >= 0.6 is 0 Å². The molecule has 3 rings (SSSR count). The van der Waals surface area contributed by atoms with Gasteiger partial charge in [-0.3, -0.25) is 4.90 Å². The highest BCUT2D eigenvalue weighted by atomic mass is 16.5. The number of para-hydroxylation sites is 2. The van der Waals surface area contributed by atoms with Crippen LogP contribution in [0.1, 0.15) is 5.82 Å². The Morgan fingerprint density at radius 2 is 2.00 bits per heavy atom. The van der Waals surface area contributed by atoms with Gasteiger partial charge in [0, 0.05) is 39.1 Å². The first kappa shape index (κ1) is 14.5. The lowest BCUT2D eigenvalue weighted by Crippen LogP contribution is -2.38. The predicted octanol–water partition coefficient (Wildman–Crippen LogP) is 1.13. The second-order valence-corrected chi connectivity index (χ2v) is 5.48. The van der Waals surface area contributed by atoms with Crippen LogP contribution in [0.2, 0.25) is 0 Å². The number of ether oxygens (including phenoxy) is 1. The zero-order valence-electron chi connectivity index (χ0n) is 12.7. The maximum atomic E-state index is 5.41. The van der Waals surface area contributed by atoms with Crippen LogP contribution in [0.5, 0.6) is 0 Å². The lowest BCUT2D eigenvalue weighted by molar-refractivity contribution is 0.0364. The third-order valence-electron chi connectivity index (χ3n) is 4.08. The molecule has 5 nitrogen and oxygen atoms in total. The Kier molecular flexibility index (Phi) is 4.85. The normalized spacial score (nSPS) is 16.6. The van der Waals surface area contributed by atoms with Crippen molar-refractivity contribution in [2.75, 3.05) is 46.4 Å². The van der Waals surface area contributed by atoms with Gasteiger partial charge in [0.15, 0.2) is 0 Å². The van der Waals surface area contributed by atoms with E-state index >= 15 is 0 Å². The first-order chi connectivity index (χ1) is 10.4. The summed E-state index contributed by atoms with van der Waals surface area (Å²) in [4.78, 5) is 7.27. The molecule has 0 saturated carbocycles. The second kappa shape index (κ2) is 7.02. The summed E-state index contributed by atoms with van der Waals surface area (Å²) in [7, 11) is 1.99. The molecular formula is C16H24N4O. The highest BCUT2D eigenvalue weighted by molar-refractivity contribution is 5.75. The van der Waals surface area contributed by atoms with Crippen LogP contribution in [0.3, 0.4) is 0 Å². The molecule has 1 saturated heterocycles. The highest BCUT2D eigenvalue weighted by Crippen LogP contribution is 2.16. The fraction of sp³-hybridized carbons (Fsp3) is 0.562. The van der Waals surface area contributed by atoms with Crippen molar-refractivity contribution in [3.8, 4) is 0 Å². The number of rotatable bonds is 6. The predicted molar refractivity (Wildman–Crippen MR) is 84.6 cm³/mol. The zero-order chi connectivity index (χ0) is 14.5. The third kappa shape index (κ3) is 3.43. The molecule has 0 atom stereocenters. The van der Waals surface area contributed by atoms with Crippen LogP contribution in [0.15, 0.2) is 24.3 Å². The van der Waals surface area contributed by atoms with Gasteiger partial charge in [-0.05, 0) is 19.2 Å². The Hall–Kier alpha value is -1.43. The van der Waals surface area contributed by atoms with Gasteiger partial charge in [0.05, 0.1) is 24.2 Å². The maximum Gasteiger partial charge on any atom is 0.111 e. The van der Waals surface area contributed by atoms with E-state index < -0.39 is 0 Å². The minimum Gasteiger partial charge on any atom is -0.379 e. The molecule has 1 aliphatic heterocycles. The van der Waals surface area contributed by atoms with E-state index in [4.69, 9.17) is 9.72 Å². The molecule has 2 heterocycles. The van der Waals surface area contributed by atoms with E-state index in [1.54, 1.807) is 0 Å². The molecular weight excluding hydrogens is 264 g/mol. The SMILES string of the molecule is CNCCc1nc2ccccc2n1CCN1CCOCC1. The fourth-order valence-electron chi connectivity index (χ4n) is 2.87. The standard InChI is InChI=1S/C16H24N4O/c1-17-7-6-16-18-14-4-2-3-5-15(14)20(16)9-8-19-10-12-21-13-11-19/h2-5,17H,6-13H2,1H3. The summed E-state index contributed by atoms with van der Waals surface area (Å²) in [6.07, 6.45) is 0.967. The molecule has 21 heavy (non-hydrogen) atoms. The third-order valence-corrected chi connectivity index (χ3v) is 4.08. The lowest BCUT2D eigenvalue weighted by Gasteiger charge is -2.27. The maximum absolute atomic E-state index is 5.41. The number of hydrogen-bond acceptors (Lipinski definition) is 4. The molecule has 1 aromatic carbocycles. The molecule has 0 aliphatic carbocycles. The molecule has 0 amide bonds. The quantitative estimate of drug-likeness (QED) is 0.865. The Bertz CT molecular complexity index is 575. The van der Waals surface area contributed by atoms with Crippen LogP contribution in [-0.4, -0.2) is 60.9 Å². The molecule has 1 fully saturated rings. The molecule has 5 heteroatoms. The number of hydrogen-bond donors (Lipinski definition) is 1. The van der Waals surface area contributed by atoms with Crippen LogP contribution in [0.25, 0.3) is 11.0 Å². The molecule has 0 radical (unpaired) electrons. The van der Waals surface area contributed by atoms with Gasteiger partial charge in [0.1, 0.15) is 5.82 Å². The summed E-state index contributed by atoms with van der Waals surface area (Å²) < 4.78 is 7.79. The number of nitrogens with one attached hydrogen (secondary N) is 1. The van der Waals surface area contributed by atoms with Crippen molar-refractivity contribution in [1.29, 1.82) is 0 Å². The molecule has 1 aromatic heterocycles. The van der Waals surface area contributed by atoms with E-state index in [9.17, 15) is 0 Å². The molecule has 1 aliphatic rings. The summed E-state index contributed by atoms with van der Waals surface area (Å²) >= 11 is 0. The Labute approximate surface area is 125 Å². The number of morpholine rings is 1. The number of nitrogens with zero attached hydrogens (tertiary/aromatic N) is 3. The Morgan fingerprint density at radius 3 is 2.81 bits per heavy atom. The molecule has 0 unspecified atom stereocenters. The van der Waals surface area contributed by atoms with Gasteiger partial charge in [0.25, 0.3) is 0 Å². The summed E-state index contributed by atoms with van der Waals surface area (Å²) in [5.41, 5.74) is 2.35. The van der Waals surface area contributed by atoms with Crippen molar-refractivity contribution < 1.29 is 4.74 Å². The highest BCUT2D eigenvalue weighted by Gasteiger charge is 2.13. The largest absolute Gasteiger partial charge is 0.379 e. The summed E-state index contributed by atoms with van der Waals surface area (Å²) in [6, 6.07) is 8.43. The van der Waals surface area contributed by atoms with E-state index in [1.165, 1.54) is 11.3 Å². The van der Waals surface area contributed by atoms with Gasteiger partial charge in [-0.25, -0.2) is 4.98 Å². The van der Waals surface area contributed by atoms with E-state index in [2.05, 4.69) is 39.0 Å². The monoisotopic (exact) mass is 288 g/mol. The summed E-state index contributed by atoms with van der Waals surface area (Å²) in [6.45, 7) is 6.82. The van der Waals surface area contributed by atoms with Crippen molar-refractivity contribution in [2.24, 2.45) is 0 Å². The lowest BCUT2D eigenvalue weighted by atomic mass is 10.3. The van der Waals surface area contributed by atoms with Crippen LogP contribution < -0.4 is 5.32 Å². The molecule has 0 spiro atoms. The minimum absolute atomic E-state index is 0.858. The van der Waals surface area contributed by atoms with E-state index in [-0.39, 0.29) is 0 Å². The van der Waals surface area contributed by atoms with E-state index in [0.29, 0.717) is 0 Å². The van der Waals surface area contributed by atoms with Crippen molar-refractivity contribution in [3.05, 3.63) is 30.1 Å². The average Bonchev–Trinajstić information content (AvgIpc) is 2.89. The topological polar surface area (TPSA) is 42.3 Å². The first-order valence-electron chi connectivity index (χ1n) is 7.77. The number of fused-ring (bicyclic) bond motifs is 1. The van der Waals surface area contributed by atoms with E-state index in [1.807, 2.05) is 7.05 Å². The van der Waals surface area contributed by atoms with E-state index in [0.717, 1.165) is 57.9 Å². The van der Waals surface area contributed by atoms with Crippen LogP contribution in [0, 0.1) is 0 Å². The van der Waals surface area contributed by atoms with Crippen molar-refractivity contribution in [2.45, 2.75) is 13.0 Å². The van der Waals surface area contributed by atoms with Crippen LogP contribution in [0.4, 0.5) is 0 Å². The second-order valence-electron chi connectivity index (χ2n) is 5.48. The van der Waals surface area contributed by atoms with Gasteiger partial charge in [-0.1, -0.05) is 12.1 Å². The number of likely N-dealkylation sites (N-methyl/N-ethyl adjacent to an activating group) is 1. The number of benzene rings is 1. The Morgan fingerprint density at radius 1 is 1.19 bits per heavy atom. The number of imidazole rings is 1. The van der Waals surface area contributed by atoms with Gasteiger partial charge >= 0.3 is 0 Å². The Balaban J connectivity index is 1.77. The minimum atomic E-state index is 0.858. The van der Waals surface area contributed by atoms with Crippen molar-refractivity contribution in [1.82, 2.24) is 19.8 Å². The average molecular weight is 288 g/mol. The van der Waals surface area contributed by atoms with Gasteiger partial charge < -0.3 is 14.6 Å². The van der Waals surface area contributed by atoms with Gasteiger partial charge in [-0.15, -0.1) is 0 Å². The van der Waals surface area contributed by atoms with Gasteiger partial charge in [0.2, 0.25) is 0 Å². The summed E-state index contributed by atoms with van der Waals surface area (Å²) in [5.74, 6) is 1.18. The first-order valence-corrected chi connectivity index (χ1v) is 7.77. The smallest absolute Gasteiger partial charge is 0.111 e. The molecule has 2 aromatic rings. The van der Waals surface area contributed by atoms with Crippen molar-refractivity contribution in [3.63, 3.8) is 0 Å². The molecule has 0 bridgehead atoms. The van der Waals surface area contributed by atoms with Crippen molar-refractivity contribution >= 4 is 11.0 Å². The fourth-order valence-corrected chi connectivity index (χ4v) is 2.87. The molecule has 1 N–H and O–H groups in total. The van der Waals surface area contributed by atoms with Gasteiger partial charge in [-0.2, -0.15) is 0 Å². The van der Waals surface area contributed by atoms with Crippen LogP contribution in [-0.2, 0) is 17.7 Å². The molecule has 114 valence electrons. The summed E-state index contributed by atoms with van der Waals surface area (Å²) in [5, 5.41) is 3.21.